The van der Waals surface area contributed by atoms with Crippen LogP contribution in [0.15, 0.2) is 54.8 Å². The minimum atomic E-state index is -2.02. The van der Waals surface area contributed by atoms with E-state index in [9.17, 15) is 15.0 Å². The highest BCUT2D eigenvalue weighted by molar-refractivity contribution is 6.74. The van der Waals surface area contributed by atoms with Gasteiger partial charge in [-0.3, -0.25) is 4.79 Å². The lowest BCUT2D eigenvalue weighted by atomic mass is 9.85. The number of benzene rings is 1. The summed E-state index contributed by atoms with van der Waals surface area (Å²) < 4.78 is 18.6. The van der Waals surface area contributed by atoms with E-state index >= 15 is 0 Å². The molecule has 35 heavy (non-hydrogen) atoms. The van der Waals surface area contributed by atoms with Crippen LogP contribution in [0.4, 0.5) is 0 Å². The van der Waals surface area contributed by atoms with Gasteiger partial charge in [0.1, 0.15) is 0 Å². The maximum Gasteiger partial charge on any atom is 0.303 e. The molecule has 6 nitrogen and oxygen atoms in total. The Balaban J connectivity index is 1.77. The number of allylic oxidation sites excluding steroid dienone is 2. The van der Waals surface area contributed by atoms with Gasteiger partial charge < -0.3 is 24.1 Å². The summed E-state index contributed by atoms with van der Waals surface area (Å²) in [6.45, 7) is 11.3. The van der Waals surface area contributed by atoms with E-state index < -0.39 is 26.7 Å². The third kappa shape index (κ3) is 7.77. The van der Waals surface area contributed by atoms with Gasteiger partial charge in [-0.15, -0.1) is 0 Å². The molecule has 2 N–H and O–H groups in total. The van der Waals surface area contributed by atoms with E-state index in [0.29, 0.717) is 6.42 Å². The van der Waals surface area contributed by atoms with Crippen molar-refractivity contribution in [3.8, 4) is 0 Å². The van der Waals surface area contributed by atoms with E-state index in [2.05, 4.69) is 46.0 Å². The van der Waals surface area contributed by atoms with E-state index in [-0.39, 0.29) is 35.5 Å². The monoisotopic (exact) mass is 502 g/mol. The average Bonchev–Trinajstić information content (AvgIpc) is 3.05. The number of carbonyl (C=O) groups is 1. The summed E-state index contributed by atoms with van der Waals surface area (Å²) in [5.74, 6) is -1.34. The zero-order valence-electron chi connectivity index (χ0n) is 21.7. The van der Waals surface area contributed by atoms with Gasteiger partial charge in [0, 0.05) is 18.4 Å². The molecule has 1 aliphatic carbocycles. The first kappa shape index (κ1) is 27.7. The van der Waals surface area contributed by atoms with E-state index in [0.717, 1.165) is 19.3 Å². The Labute approximate surface area is 211 Å². The van der Waals surface area contributed by atoms with Gasteiger partial charge >= 0.3 is 5.97 Å². The predicted octanol–water partition coefficient (Wildman–Crippen LogP) is 5.68. The maximum absolute atomic E-state index is 11.6. The van der Waals surface area contributed by atoms with Crippen LogP contribution in [0.2, 0.25) is 18.1 Å². The Hall–Kier alpha value is -1.93. The first-order valence-corrected chi connectivity index (χ1v) is 15.6. The molecule has 2 unspecified atom stereocenters. The lowest BCUT2D eigenvalue weighted by molar-refractivity contribution is -0.140. The second-order valence-electron chi connectivity index (χ2n) is 11.4. The van der Waals surface area contributed by atoms with Gasteiger partial charge in [0.05, 0.1) is 24.9 Å². The molecule has 0 radical (unpaired) electrons. The van der Waals surface area contributed by atoms with Gasteiger partial charge in [-0.1, -0.05) is 57.2 Å². The molecule has 0 aromatic heterocycles. The summed E-state index contributed by atoms with van der Waals surface area (Å²) in [5, 5.41) is 20.4. The Morgan fingerprint density at radius 3 is 2.49 bits per heavy atom. The molecule has 7 heteroatoms. The fraction of sp³-hybridized carbons (Fsp3) is 0.607. The van der Waals surface area contributed by atoms with Crippen molar-refractivity contribution in [1.82, 2.24) is 0 Å². The topological polar surface area (TPSA) is 85.2 Å². The minimum absolute atomic E-state index is 0.0101. The second kappa shape index (κ2) is 11.9. The zero-order chi connectivity index (χ0) is 25.6. The Kier molecular flexibility index (Phi) is 9.38. The van der Waals surface area contributed by atoms with Crippen molar-refractivity contribution in [2.75, 3.05) is 0 Å². The third-order valence-corrected chi connectivity index (χ3v) is 12.3. The van der Waals surface area contributed by atoms with Gasteiger partial charge in [-0.2, -0.15) is 0 Å². The number of carboxylic acids is 1. The van der Waals surface area contributed by atoms with Crippen LogP contribution in [0.3, 0.4) is 0 Å². The molecule has 1 aromatic carbocycles. The van der Waals surface area contributed by atoms with Crippen molar-refractivity contribution < 1.29 is 28.9 Å². The summed E-state index contributed by atoms with van der Waals surface area (Å²) >= 11 is 0. The number of carboxylic acid groups (broad SMARTS) is 1. The number of hydrogen-bond donors (Lipinski definition) is 2. The lowest BCUT2D eigenvalue weighted by Crippen LogP contribution is -2.44. The molecule has 0 bridgehead atoms. The van der Waals surface area contributed by atoms with Crippen LogP contribution in [0.25, 0.3) is 0 Å². The van der Waals surface area contributed by atoms with Crippen LogP contribution in [0.1, 0.15) is 52.0 Å². The molecule has 2 aliphatic rings. The third-order valence-electron chi connectivity index (χ3n) is 7.78. The standard InChI is InChI=1S/C28H42O6Si/c1-28(2,3)35(4,5)34-21(17-20-11-7-6-8-12-20)14-15-22-23(18-26(30)31)24(29)19-25(22)33-27-13-9-10-16-32-27/h6-13,16,21-25,27,29H,14-15,17-19H2,1-5H3,(H,30,31)/t21?,22-,23?,24-,25+,27+/m0/s1. The van der Waals surface area contributed by atoms with Crippen LogP contribution in [0.5, 0.6) is 0 Å². The van der Waals surface area contributed by atoms with E-state index in [1.807, 2.05) is 30.4 Å². The zero-order valence-corrected chi connectivity index (χ0v) is 22.7. The SMILES string of the molecule is CC(C)(C)[Si](C)(C)OC(CC[C@H]1C(CC(=O)O)[C@@H](O)C[C@H]1O[C@@H]1C=CC=CO1)Cc1ccccc1. The molecule has 1 saturated carbocycles. The Bertz CT molecular complexity index is 875. The molecule has 0 spiro atoms. The van der Waals surface area contributed by atoms with Crippen molar-refractivity contribution in [2.45, 2.75) is 95.6 Å². The van der Waals surface area contributed by atoms with Gasteiger partial charge in [0.15, 0.2) is 8.32 Å². The summed E-state index contributed by atoms with van der Waals surface area (Å²) in [7, 11) is -2.02. The normalized spacial score (nSPS) is 27.5. The fourth-order valence-corrected chi connectivity index (χ4v) is 6.25. The van der Waals surface area contributed by atoms with Gasteiger partial charge in [0.25, 0.3) is 0 Å². The minimum Gasteiger partial charge on any atom is -0.481 e. The predicted molar refractivity (Wildman–Crippen MR) is 139 cm³/mol. The summed E-state index contributed by atoms with van der Waals surface area (Å²) in [4.78, 5) is 11.6. The number of aliphatic hydroxyl groups is 1. The van der Waals surface area contributed by atoms with Gasteiger partial charge in [0.2, 0.25) is 6.29 Å². The lowest BCUT2D eigenvalue weighted by Gasteiger charge is -2.40. The number of rotatable bonds is 11. The second-order valence-corrected chi connectivity index (χ2v) is 16.1. The van der Waals surface area contributed by atoms with Crippen molar-refractivity contribution in [3.63, 3.8) is 0 Å². The number of hydrogen-bond acceptors (Lipinski definition) is 5. The van der Waals surface area contributed by atoms with Crippen LogP contribution >= 0.6 is 0 Å². The van der Waals surface area contributed by atoms with Crippen LogP contribution < -0.4 is 0 Å². The Morgan fingerprint density at radius 2 is 1.89 bits per heavy atom. The molecule has 1 fully saturated rings. The van der Waals surface area contributed by atoms with Crippen LogP contribution in [-0.4, -0.2) is 49.1 Å². The summed E-state index contributed by atoms with van der Waals surface area (Å²) in [6.07, 6.45) is 8.21. The molecule has 1 aromatic rings. The van der Waals surface area contributed by atoms with E-state index in [1.54, 1.807) is 12.3 Å². The molecular weight excluding hydrogens is 460 g/mol. The quantitative estimate of drug-likeness (QED) is 0.379. The highest BCUT2D eigenvalue weighted by Crippen LogP contribution is 2.42. The van der Waals surface area contributed by atoms with Crippen molar-refractivity contribution >= 4 is 14.3 Å². The van der Waals surface area contributed by atoms with Crippen molar-refractivity contribution in [3.05, 3.63) is 60.4 Å². The highest BCUT2D eigenvalue weighted by Gasteiger charge is 2.45. The van der Waals surface area contributed by atoms with Crippen LogP contribution in [0, 0.1) is 11.8 Å². The van der Waals surface area contributed by atoms with Crippen LogP contribution in [-0.2, 0) is 25.1 Å². The Morgan fingerprint density at radius 1 is 1.17 bits per heavy atom. The fourth-order valence-electron chi connectivity index (χ4n) is 4.86. The number of aliphatic hydroxyl groups excluding tert-OH is 1. The van der Waals surface area contributed by atoms with Gasteiger partial charge in [-0.25, -0.2) is 0 Å². The average molecular weight is 503 g/mol. The van der Waals surface area contributed by atoms with Gasteiger partial charge in [-0.05, 0) is 61.0 Å². The highest BCUT2D eigenvalue weighted by atomic mass is 28.4. The molecule has 3 rings (SSSR count). The molecule has 194 valence electrons. The van der Waals surface area contributed by atoms with E-state index in [1.165, 1.54) is 5.56 Å². The molecule has 1 aliphatic heterocycles. The van der Waals surface area contributed by atoms with Crippen molar-refractivity contribution in [2.24, 2.45) is 11.8 Å². The number of aliphatic carboxylic acids is 1. The molecule has 0 amide bonds. The first-order valence-electron chi connectivity index (χ1n) is 12.7. The molecular formula is C28H42O6Si. The molecule has 6 atom stereocenters. The number of ether oxygens (including phenoxy) is 2. The smallest absolute Gasteiger partial charge is 0.303 e. The molecule has 0 saturated heterocycles. The summed E-state index contributed by atoms with van der Waals surface area (Å²) in [5.41, 5.74) is 1.23. The van der Waals surface area contributed by atoms with E-state index in [4.69, 9.17) is 13.9 Å². The molecule has 1 heterocycles. The maximum atomic E-state index is 11.6. The first-order chi connectivity index (χ1) is 16.5. The largest absolute Gasteiger partial charge is 0.481 e. The summed E-state index contributed by atoms with van der Waals surface area (Å²) in [6, 6.07) is 10.4. The van der Waals surface area contributed by atoms with Crippen molar-refractivity contribution in [1.29, 1.82) is 0 Å².